The van der Waals surface area contributed by atoms with E-state index in [9.17, 15) is 4.79 Å². The van der Waals surface area contributed by atoms with Gasteiger partial charge in [-0.05, 0) is 42.7 Å². The third-order valence-corrected chi connectivity index (χ3v) is 3.53. The number of nitrogen functional groups attached to an aromatic ring is 1. The molecular formula is C13H16N6O. The Bertz CT molecular complexity index is 603. The zero-order valence-corrected chi connectivity index (χ0v) is 11.0. The predicted molar refractivity (Wildman–Crippen MR) is 73.8 cm³/mol. The second-order valence-corrected chi connectivity index (χ2v) is 4.89. The molecule has 2 aromatic rings. The third kappa shape index (κ3) is 2.34. The van der Waals surface area contributed by atoms with Crippen LogP contribution in [0, 0.1) is 0 Å². The smallest absolute Gasteiger partial charge is 0.253 e. The number of carbonyl (C=O) groups is 1. The Hall–Kier alpha value is -2.44. The summed E-state index contributed by atoms with van der Waals surface area (Å²) in [6, 6.07) is 5.19. The molecule has 1 fully saturated rings. The van der Waals surface area contributed by atoms with Gasteiger partial charge in [0.1, 0.15) is 0 Å². The summed E-state index contributed by atoms with van der Waals surface area (Å²) in [6.45, 7) is 1.64. The van der Waals surface area contributed by atoms with Gasteiger partial charge in [0, 0.05) is 29.9 Å². The van der Waals surface area contributed by atoms with Crippen molar-refractivity contribution in [3.05, 3.63) is 23.8 Å². The summed E-state index contributed by atoms with van der Waals surface area (Å²) in [4.78, 5) is 14.3. The summed E-state index contributed by atoms with van der Waals surface area (Å²) in [5.74, 6) is 0.435. The maximum atomic E-state index is 12.5. The Morgan fingerprint density at radius 3 is 2.75 bits per heavy atom. The third-order valence-electron chi connectivity index (χ3n) is 3.53. The van der Waals surface area contributed by atoms with Gasteiger partial charge in [0.25, 0.3) is 5.91 Å². The fourth-order valence-corrected chi connectivity index (χ4v) is 2.44. The van der Waals surface area contributed by atoms with E-state index in [2.05, 4.69) is 20.6 Å². The van der Waals surface area contributed by atoms with Crippen LogP contribution in [0.3, 0.4) is 0 Å². The van der Waals surface area contributed by atoms with Crippen molar-refractivity contribution in [1.29, 1.82) is 0 Å². The molecule has 0 unspecified atom stereocenters. The van der Waals surface area contributed by atoms with Crippen LogP contribution in [-0.4, -0.2) is 44.5 Å². The fourth-order valence-electron chi connectivity index (χ4n) is 2.44. The Morgan fingerprint density at radius 2 is 2.05 bits per heavy atom. The maximum Gasteiger partial charge on any atom is 0.253 e. The van der Waals surface area contributed by atoms with Gasteiger partial charge in [-0.3, -0.25) is 4.79 Å². The highest BCUT2D eigenvalue weighted by atomic mass is 16.2. The van der Waals surface area contributed by atoms with E-state index in [1.807, 2.05) is 4.90 Å². The van der Waals surface area contributed by atoms with Crippen LogP contribution in [0.1, 0.15) is 29.6 Å². The average Bonchev–Trinajstić information content (AvgIpc) is 3.02. The first kappa shape index (κ1) is 12.6. The number of H-pyrrole nitrogens is 1. The van der Waals surface area contributed by atoms with E-state index in [-0.39, 0.29) is 5.91 Å². The van der Waals surface area contributed by atoms with Crippen LogP contribution in [0.2, 0.25) is 0 Å². The molecule has 1 aromatic heterocycles. The summed E-state index contributed by atoms with van der Waals surface area (Å²) >= 11 is 0. The zero-order valence-electron chi connectivity index (χ0n) is 11.0. The molecule has 0 aliphatic carbocycles. The lowest BCUT2D eigenvalue weighted by Gasteiger charge is -2.26. The summed E-state index contributed by atoms with van der Waals surface area (Å²) in [7, 11) is 0. The number of nitrogens with zero attached hydrogens (tertiary/aromatic N) is 4. The van der Waals surface area contributed by atoms with E-state index < -0.39 is 0 Å². The topological polar surface area (TPSA) is 101 Å². The molecule has 3 N–H and O–H groups in total. The van der Waals surface area contributed by atoms with Crippen molar-refractivity contribution in [3.63, 3.8) is 0 Å². The second kappa shape index (κ2) is 5.28. The van der Waals surface area contributed by atoms with Crippen molar-refractivity contribution in [3.8, 4) is 11.4 Å². The van der Waals surface area contributed by atoms with E-state index in [0.29, 0.717) is 22.6 Å². The monoisotopic (exact) mass is 272 g/mol. The highest BCUT2D eigenvalue weighted by Crippen LogP contribution is 2.24. The number of nitrogens with two attached hydrogens (primary N) is 1. The number of hydrogen-bond acceptors (Lipinski definition) is 5. The number of nitrogens with one attached hydrogen (secondary N) is 1. The molecule has 0 atom stereocenters. The predicted octanol–water partition coefficient (Wildman–Crippen LogP) is 1.07. The summed E-state index contributed by atoms with van der Waals surface area (Å²) in [5.41, 5.74) is 7.68. The lowest BCUT2D eigenvalue weighted by atomic mass is 10.1. The Kier molecular flexibility index (Phi) is 3.32. The molecule has 20 heavy (non-hydrogen) atoms. The maximum absolute atomic E-state index is 12.5. The molecule has 0 bridgehead atoms. The molecule has 3 rings (SSSR count). The highest BCUT2D eigenvalue weighted by Gasteiger charge is 2.19. The van der Waals surface area contributed by atoms with E-state index in [0.717, 1.165) is 25.9 Å². The summed E-state index contributed by atoms with van der Waals surface area (Å²) in [5, 5.41) is 13.7. The van der Waals surface area contributed by atoms with Crippen molar-refractivity contribution < 1.29 is 4.79 Å². The number of rotatable bonds is 2. The number of anilines is 1. The van der Waals surface area contributed by atoms with Crippen molar-refractivity contribution >= 4 is 11.6 Å². The fraction of sp³-hybridized carbons (Fsp3) is 0.385. The second-order valence-electron chi connectivity index (χ2n) is 4.89. The number of aromatic amines is 1. The largest absolute Gasteiger partial charge is 0.398 e. The standard InChI is InChI=1S/C13H16N6O/c14-11-5-4-9(8-10(11)12-15-17-18-16-12)13(20)19-6-2-1-3-7-19/h4-5,8H,1-3,6-7,14H2,(H,15,16,17,18). The molecule has 1 aromatic carbocycles. The van der Waals surface area contributed by atoms with Gasteiger partial charge in [-0.25, -0.2) is 0 Å². The summed E-state index contributed by atoms with van der Waals surface area (Å²) in [6.07, 6.45) is 3.33. The highest BCUT2D eigenvalue weighted by molar-refractivity contribution is 5.96. The number of tetrazole rings is 1. The quantitative estimate of drug-likeness (QED) is 0.796. The number of likely N-dealkylation sites (tertiary alicyclic amines) is 1. The SMILES string of the molecule is Nc1ccc(C(=O)N2CCCCC2)cc1-c1nn[nH]n1. The molecule has 1 aliphatic heterocycles. The van der Waals surface area contributed by atoms with Crippen LogP contribution >= 0.6 is 0 Å². The van der Waals surface area contributed by atoms with Gasteiger partial charge >= 0.3 is 0 Å². The number of benzene rings is 1. The van der Waals surface area contributed by atoms with E-state index in [1.54, 1.807) is 18.2 Å². The van der Waals surface area contributed by atoms with E-state index in [4.69, 9.17) is 5.73 Å². The first-order chi connectivity index (χ1) is 9.75. The lowest BCUT2D eigenvalue weighted by Crippen LogP contribution is -2.35. The van der Waals surface area contributed by atoms with Gasteiger partial charge in [-0.15, -0.1) is 10.2 Å². The molecule has 0 radical (unpaired) electrons. The number of piperidine rings is 1. The van der Waals surface area contributed by atoms with Crippen molar-refractivity contribution in [2.45, 2.75) is 19.3 Å². The van der Waals surface area contributed by atoms with Gasteiger partial charge in [0.15, 0.2) is 0 Å². The minimum atomic E-state index is 0.0365. The molecule has 1 amide bonds. The van der Waals surface area contributed by atoms with Gasteiger partial charge in [0.05, 0.1) is 0 Å². The van der Waals surface area contributed by atoms with Crippen LogP contribution in [0.4, 0.5) is 5.69 Å². The zero-order chi connectivity index (χ0) is 13.9. The van der Waals surface area contributed by atoms with Crippen molar-refractivity contribution in [1.82, 2.24) is 25.5 Å². The van der Waals surface area contributed by atoms with Crippen LogP contribution in [0.25, 0.3) is 11.4 Å². The lowest BCUT2D eigenvalue weighted by molar-refractivity contribution is 0.0724. The van der Waals surface area contributed by atoms with E-state index in [1.165, 1.54) is 6.42 Å². The molecule has 1 aliphatic rings. The molecule has 104 valence electrons. The minimum Gasteiger partial charge on any atom is -0.398 e. The van der Waals surface area contributed by atoms with E-state index >= 15 is 0 Å². The molecular weight excluding hydrogens is 256 g/mol. The van der Waals surface area contributed by atoms with Gasteiger partial charge in [-0.2, -0.15) is 5.21 Å². The molecule has 7 heteroatoms. The van der Waals surface area contributed by atoms with Gasteiger partial charge < -0.3 is 10.6 Å². The van der Waals surface area contributed by atoms with Crippen molar-refractivity contribution in [2.24, 2.45) is 0 Å². The number of hydrogen-bond donors (Lipinski definition) is 2. The van der Waals surface area contributed by atoms with Gasteiger partial charge in [0.2, 0.25) is 5.82 Å². The molecule has 7 nitrogen and oxygen atoms in total. The molecule has 0 saturated carbocycles. The molecule has 1 saturated heterocycles. The van der Waals surface area contributed by atoms with Crippen LogP contribution in [0.15, 0.2) is 18.2 Å². The number of carbonyl (C=O) groups excluding carboxylic acids is 1. The Balaban J connectivity index is 1.90. The van der Waals surface area contributed by atoms with Crippen LogP contribution in [-0.2, 0) is 0 Å². The first-order valence-corrected chi connectivity index (χ1v) is 6.68. The number of aromatic nitrogens is 4. The average molecular weight is 272 g/mol. The molecule has 0 spiro atoms. The molecule has 2 heterocycles. The van der Waals surface area contributed by atoms with Gasteiger partial charge in [-0.1, -0.05) is 0 Å². The Morgan fingerprint density at radius 1 is 1.25 bits per heavy atom. The van der Waals surface area contributed by atoms with Crippen molar-refractivity contribution in [2.75, 3.05) is 18.8 Å². The summed E-state index contributed by atoms with van der Waals surface area (Å²) < 4.78 is 0. The minimum absolute atomic E-state index is 0.0365. The number of amides is 1. The normalized spacial score (nSPS) is 15.3. The Labute approximate surface area is 116 Å². The van der Waals surface area contributed by atoms with Crippen LogP contribution in [0.5, 0.6) is 0 Å². The first-order valence-electron chi connectivity index (χ1n) is 6.68. The van der Waals surface area contributed by atoms with Crippen LogP contribution < -0.4 is 5.73 Å².